The zero-order chi connectivity index (χ0) is 12.4. The monoisotopic (exact) mass is 237 g/mol. The quantitative estimate of drug-likeness (QED) is 0.821. The van der Waals surface area contributed by atoms with E-state index in [2.05, 4.69) is 0 Å². The lowest BCUT2D eigenvalue weighted by Gasteiger charge is -2.15. The Hall–Kier alpha value is -1.10. The summed E-state index contributed by atoms with van der Waals surface area (Å²) >= 11 is 0. The maximum atomic E-state index is 9.67. The van der Waals surface area contributed by atoms with Gasteiger partial charge in [-0.15, -0.1) is 0 Å². The highest BCUT2D eigenvalue weighted by atomic mass is 16.5. The van der Waals surface area contributed by atoms with Gasteiger partial charge in [-0.1, -0.05) is 12.1 Å². The van der Waals surface area contributed by atoms with E-state index in [1.165, 1.54) is 0 Å². The number of ether oxygens (including phenoxy) is 1. The van der Waals surface area contributed by atoms with Gasteiger partial charge in [0.15, 0.2) is 0 Å². The fraction of sp³-hybridized carbons (Fsp3) is 0.538. The van der Waals surface area contributed by atoms with Crippen molar-refractivity contribution in [3.8, 4) is 0 Å². The minimum atomic E-state index is -0.571. The highest BCUT2D eigenvalue weighted by molar-refractivity contribution is 5.46. The average Bonchev–Trinajstić information content (AvgIpc) is 2.70. The zero-order valence-electron chi connectivity index (χ0n) is 10.2. The average molecular weight is 237 g/mol. The van der Waals surface area contributed by atoms with E-state index >= 15 is 0 Å². The summed E-state index contributed by atoms with van der Waals surface area (Å²) in [6.07, 6.45) is -0.586. The molecule has 3 atom stereocenters. The first-order chi connectivity index (χ1) is 8.11. The molecule has 1 unspecified atom stereocenters. The molecule has 0 saturated carbocycles. The molecular formula is C13H19NO3. The Labute approximate surface area is 101 Å². The van der Waals surface area contributed by atoms with E-state index in [-0.39, 0.29) is 12.7 Å². The molecule has 1 heterocycles. The van der Waals surface area contributed by atoms with Gasteiger partial charge in [0.1, 0.15) is 6.10 Å². The van der Waals surface area contributed by atoms with Gasteiger partial charge in [0, 0.05) is 26.2 Å². The van der Waals surface area contributed by atoms with E-state index in [0.29, 0.717) is 6.42 Å². The molecule has 1 fully saturated rings. The van der Waals surface area contributed by atoms with E-state index in [1.807, 2.05) is 43.3 Å². The van der Waals surface area contributed by atoms with Crippen LogP contribution in [-0.2, 0) is 4.74 Å². The predicted molar refractivity (Wildman–Crippen MR) is 66.1 cm³/mol. The molecule has 0 aromatic heterocycles. The molecule has 1 aliphatic heterocycles. The van der Waals surface area contributed by atoms with Gasteiger partial charge in [0.2, 0.25) is 0 Å². The Morgan fingerprint density at radius 1 is 1.29 bits per heavy atom. The third kappa shape index (κ3) is 2.60. The smallest absolute Gasteiger partial charge is 0.107 e. The van der Waals surface area contributed by atoms with Crippen LogP contribution in [0.4, 0.5) is 5.69 Å². The van der Waals surface area contributed by atoms with Crippen molar-refractivity contribution in [2.75, 3.05) is 25.6 Å². The van der Waals surface area contributed by atoms with Gasteiger partial charge in [-0.25, -0.2) is 0 Å². The molecule has 17 heavy (non-hydrogen) atoms. The number of benzene rings is 1. The first-order valence-corrected chi connectivity index (χ1v) is 5.83. The highest BCUT2D eigenvalue weighted by Gasteiger charge is 2.34. The van der Waals surface area contributed by atoms with Crippen molar-refractivity contribution in [2.45, 2.75) is 24.7 Å². The number of nitrogens with zero attached hydrogens (tertiary/aromatic N) is 1. The maximum absolute atomic E-state index is 9.67. The number of rotatable bonds is 3. The molecule has 4 nitrogen and oxygen atoms in total. The number of hydrogen-bond donors (Lipinski definition) is 2. The van der Waals surface area contributed by atoms with Gasteiger partial charge in [0.25, 0.3) is 0 Å². The summed E-state index contributed by atoms with van der Waals surface area (Å²) < 4.78 is 5.60. The molecule has 4 heteroatoms. The third-order valence-corrected chi connectivity index (χ3v) is 3.19. The molecule has 0 aliphatic carbocycles. The van der Waals surface area contributed by atoms with Gasteiger partial charge < -0.3 is 19.8 Å². The van der Waals surface area contributed by atoms with Crippen molar-refractivity contribution in [3.63, 3.8) is 0 Å². The molecule has 1 aliphatic rings. The first-order valence-electron chi connectivity index (χ1n) is 5.83. The summed E-state index contributed by atoms with van der Waals surface area (Å²) in [6, 6.07) is 8.06. The molecule has 0 radical (unpaired) electrons. The molecule has 1 saturated heterocycles. The summed E-state index contributed by atoms with van der Waals surface area (Å²) in [5, 5.41) is 18.7. The lowest BCUT2D eigenvalue weighted by Crippen LogP contribution is -2.24. The molecule has 2 N–H and O–H groups in total. The van der Waals surface area contributed by atoms with E-state index in [9.17, 15) is 5.11 Å². The van der Waals surface area contributed by atoms with Gasteiger partial charge in [-0.05, 0) is 17.7 Å². The Balaban J connectivity index is 2.08. The Morgan fingerprint density at radius 2 is 1.94 bits per heavy atom. The molecule has 1 aromatic carbocycles. The standard InChI is InChI=1S/C13H19NO3/c1-14(2)10-5-3-9(4-6-10)12-7-11(16)13(8-15)17-12/h3-6,11-13,15-16H,7-8H2,1-2H3/t11?,12-,13-/m1/s1. The van der Waals surface area contributed by atoms with Crippen molar-refractivity contribution in [2.24, 2.45) is 0 Å². The van der Waals surface area contributed by atoms with Gasteiger partial charge in [-0.3, -0.25) is 0 Å². The van der Waals surface area contributed by atoms with E-state index < -0.39 is 12.2 Å². The van der Waals surface area contributed by atoms with E-state index in [1.54, 1.807) is 0 Å². The predicted octanol–water partition coefficient (Wildman–Crippen LogP) is 0.936. The second kappa shape index (κ2) is 5.04. The zero-order valence-corrected chi connectivity index (χ0v) is 10.2. The molecular weight excluding hydrogens is 218 g/mol. The van der Waals surface area contributed by atoms with Crippen LogP contribution in [0.25, 0.3) is 0 Å². The van der Waals surface area contributed by atoms with Crippen LogP contribution in [-0.4, -0.2) is 43.1 Å². The molecule has 1 aromatic rings. The fourth-order valence-electron chi connectivity index (χ4n) is 2.09. The van der Waals surface area contributed by atoms with Crippen LogP contribution < -0.4 is 4.90 Å². The van der Waals surface area contributed by atoms with Crippen molar-refractivity contribution in [1.29, 1.82) is 0 Å². The Morgan fingerprint density at radius 3 is 2.41 bits per heavy atom. The van der Waals surface area contributed by atoms with Crippen LogP contribution in [0.15, 0.2) is 24.3 Å². The fourth-order valence-corrected chi connectivity index (χ4v) is 2.09. The van der Waals surface area contributed by atoms with Crippen LogP contribution in [0.5, 0.6) is 0 Å². The van der Waals surface area contributed by atoms with Gasteiger partial charge >= 0.3 is 0 Å². The second-order valence-electron chi connectivity index (χ2n) is 4.63. The second-order valence-corrected chi connectivity index (χ2v) is 4.63. The Kier molecular flexibility index (Phi) is 3.66. The lowest BCUT2D eigenvalue weighted by molar-refractivity contribution is -0.0225. The normalized spacial score (nSPS) is 28.4. The van der Waals surface area contributed by atoms with Crippen molar-refractivity contribution in [1.82, 2.24) is 0 Å². The topological polar surface area (TPSA) is 52.9 Å². The molecule has 0 amide bonds. The minimum Gasteiger partial charge on any atom is -0.394 e. The first kappa shape index (κ1) is 12.4. The number of aliphatic hydroxyl groups is 2. The van der Waals surface area contributed by atoms with Crippen molar-refractivity contribution >= 4 is 5.69 Å². The van der Waals surface area contributed by atoms with Crippen molar-refractivity contribution < 1.29 is 14.9 Å². The van der Waals surface area contributed by atoms with Gasteiger partial charge in [-0.2, -0.15) is 0 Å². The molecule has 0 bridgehead atoms. The van der Waals surface area contributed by atoms with Crippen LogP contribution in [0.1, 0.15) is 18.1 Å². The molecule has 2 rings (SSSR count). The van der Waals surface area contributed by atoms with E-state index in [4.69, 9.17) is 9.84 Å². The Bertz CT molecular complexity index is 363. The van der Waals surface area contributed by atoms with Crippen LogP contribution in [0, 0.1) is 0 Å². The number of aliphatic hydroxyl groups excluding tert-OH is 2. The summed E-state index contributed by atoms with van der Waals surface area (Å²) in [4.78, 5) is 2.03. The SMILES string of the molecule is CN(C)c1ccc([C@H]2CC(O)[C@@H](CO)O2)cc1. The molecule has 94 valence electrons. The largest absolute Gasteiger partial charge is 0.394 e. The van der Waals surface area contributed by atoms with E-state index in [0.717, 1.165) is 11.3 Å². The van der Waals surface area contributed by atoms with Crippen LogP contribution in [0.2, 0.25) is 0 Å². The highest BCUT2D eigenvalue weighted by Crippen LogP contribution is 2.33. The van der Waals surface area contributed by atoms with Crippen LogP contribution >= 0.6 is 0 Å². The van der Waals surface area contributed by atoms with Gasteiger partial charge in [0.05, 0.1) is 18.8 Å². The lowest BCUT2D eigenvalue weighted by atomic mass is 10.0. The third-order valence-electron chi connectivity index (χ3n) is 3.19. The van der Waals surface area contributed by atoms with Crippen molar-refractivity contribution in [3.05, 3.63) is 29.8 Å². The summed E-state index contributed by atoms with van der Waals surface area (Å²) in [5.74, 6) is 0. The number of anilines is 1. The maximum Gasteiger partial charge on any atom is 0.107 e. The summed E-state index contributed by atoms with van der Waals surface area (Å²) in [7, 11) is 3.99. The number of hydrogen-bond acceptors (Lipinski definition) is 4. The van der Waals surface area contributed by atoms with Crippen LogP contribution in [0.3, 0.4) is 0 Å². The minimum absolute atomic E-state index is 0.113. The summed E-state index contributed by atoms with van der Waals surface area (Å²) in [5.41, 5.74) is 2.18. The summed E-state index contributed by atoms with van der Waals surface area (Å²) in [6.45, 7) is -0.131. The molecule has 0 spiro atoms.